The number of hydrogen-bond acceptors (Lipinski definition) is 3. The fourth-order valence-electron chi connectivity index (χ4n) is 1.38. The summed E-state index contributed by atoms with van der Waals surface area (Å²) in [6.07, 6.45) is -0.817. The van der Waals surface area contributed by atoms with E-state index in [0.29, 0.717) is 31.9 Å². The van der Waals surface area contributed by atoms with E-state index in [1.54, 1.807) is 18.2 Å². The van der Waals surface area contributed by atoms with Gasteiger partial charge in [-0.3, -0.25) is 0 Å². The molecule has 1 aromatic carbocycles. The highest BCUT2D eigenvalue weighted by Gasteiger charge is 2.10. The summed E-state index contributed by atoms with van der Waals surface area (Å²) in [6, 6.07) is 6.25. The third-order valence-electron chi connectivity index (χ3n) is 2.23. The molecule has 1 rings (SSSR count). The Morgan fingerprint density at radius 3 is 2.88 bits per heavy atom. The quantitative estimate of drug-likeness (QED) is 0.693. The van der Waals surface area contributed by atoms with Gasteiger partial charge < -0.3 is 15.2 Å². The molecular weight excluding hydrogens is 209 g/mol. The van der Waals surface area contributed by atoms with Crippen molar-refractivity contribution in [1.29, 1.82) is 0 Å². The van der Waals surface area contributed by atoms with Crippen LogP contribution in [-0.2, 0) is 4.74 Å². The summed E-state index contributed by atoms with van der Waals surface area (Å²) in [4.78, 5) is 0. The van der Waals surface area contributed by atoms with Crippen LogP contribution in [0.2, 0.25) is 0 Å². The summed E-state index contributed by atoms with van der Waals surface area (Å²) < 4.78 is 18.4. The molecule has 1 unspecified atom stereocenters. The largest absolute Gasteiger partial charge is 0.387 e. The summed E-state index contributed by atoms with van der Waals surface area (Å²) >= 11 is 0. The zero-order chi connectivity index (χ0) is 11.8. The molecule has 0 bridgehead atoms. The van der Waals surface area contributed by atoms with E-state index in [1.807, 2.05) is 6.92 Å². The van der Waals surface area contributed by atoms with Gasteiger partial charge in [0.05, 0.1) is 12.7 Å². The minimum Gasteiger partial charge on any atom is -0.387 e. The Morgan fingerprint density at radius 1 is 1.44 bits per heavy atom. The first kappa shape index (κ1) is 13.1. The summed E-state index contributed by atoms with van der Waals surface area (Å²) in [7, 11) is 0. The van der Waals surface area contributed by atoms with Crippen molar-refractivity contribution in [2.75, 3.05) is 26.3 Å². The molecule has 0 fully saturated rings. The van der Waals surface area contributed by atoms with E-state index < -0.39 is 6.10 Å². The minimum atomic E-state index is -0.817. The van der Waals surface area contributed by atoms with E-state index in [1.165, 1.54) is 6.07 Å². The van der Waals surface area contributed by atoms with Crippen molar-refractivity contribution in [3.05, 3.63) is 35.6 Å². The number of hydrogen-bond donors (Lipinski definition) is 2. The van der Waals surface area contributed by atoms with Crippen molar-refractivity contribution in [1.82, 2.24) is 5.32 Å². The molecule has 3 nitrogen and oxygen atoms in total. The average molecular weight is 227 g/mol. The van der Waals surface area contributed by atoms with Crippen LogP contribution < -0.4 is 5.32 Å². The Morgan fingerprint density at radius 2 is 2.19 bits per heavy atom. The molecule has 90 valence electrons. The second-order valence-electron chi connectivity index (χ2n) is 3.44. The standard InChI is InChI=1S/C12H18FNO2/c1-2-16-8-7-14-9-12(15)10-5-3-4-6-11(10)13/h3-6,12,14-15H,2,7-9H2,1H3. The van der Waals surface area contributed by atoms with Crippen molar-refractivity contribution >= 4 is 0 Å². The number of halogens is 1. The summed E-state index contributed by atoms with van der Waals surface area (Å²) in [5.74, 6) is -0.374. The number of ether oxygens (including phenoxy) is 1. The number of benzene rings is 1. The van der Waals surface area contributed by atoms with Crippen molar-refractivity contribution < 1.29 is 14.2 Å². The molecule has 1 aromatic rings. The van der Waals surface area contributed by atoms with Gasteiger partial charge in [0.25, 0.3) is 0 Å². The van der Waals surface area contributed by atoms with E-state index in [9.17, 15) is 9.50 Å². The molecule has 0 saturated heterocycles. The van der Waals surface area contributed by atoms with E-state index >= 15 is 0 Å². The van der Waals surface area contributed by atoms with E-state index in [-0.39, 0.29) is 5.82 Å². The van der Waals surface area contributed by atoms with Gasteiger partial charge in [-0.05, 0) is 13.0 Å². The lowest BCUT2D eigenvalue weighted by molar-refractivity contribution is 0.137. The predicted molar refractivity (Wildman–Crippen MR) is 60.7 cm³/mol. The Bertz CT molecular complexity index is 307. The predicted octanol–water partition coefficient (Wildman–Crippen LogP) is 1.49. The van der Waals surface area contributed by atoms with Crippen LogP contribution in [0.5, 0.6) is 0 Å². The third kappa shape index (κ3) is 4.26. The zero-order valence-corrected chi connectivity index (χ0v) is 9.45. The summed E-state index contributed by atoms with van der Waals surface area (Å²) in [5.41, 5.74) is 0.325. The fourth-order valence-corrected chi connectivity index (χ4v) is 1.38. The first-order chi connectivity index (χ1) is 7.75. The second-order valence-corrected chi connectivity index (χ2v) is 3.44. The number of aliphatic hydroxyl groups excluding tert-OH is 1. The van der Waals surface area contributed by atoms with Gasteiger partial charge in [-0.1, -0.05) is 18.2 Å². The Kier molecular flexibility index (Phi) is 6.00. The maximum atomic E-state index is 13.3. The SMILES string of the molecule is CCOCCNCC(O)c1ccccc1F. The summed E-state index contributed by atoms with van der Waals surface area (Å²) in [5, 5.41) is 12.7. The Balaban J connectivity index is 2.30. The molecule has 0 amide bonds. The smallest absolute Gasteiger partial charge is 0.129 e. The first-order valence-corrected chi connectivity index (χ1v) is 5.46. The maximum Gasteiger partial charge on any atom is 0.129 e. The van der Waals surface area contributed by atoms with Gasteiger partial charge in [0.2, 0.25) is 0 Å². The molecule has 0 saturated carbocycles. The molecular formula is C12H18FNO2. The summed E-state index contributed by atoms with van der Waals surface area (Å²) in [6.45, 7) is 4.18. The molecule has 1 atom stereocenters. The maximum absolute atomic E-state index is 13.3. The van der Waals surface area contributed by atoms with Crippen LogP contribution in [0.4, 0.5) is 4.39 Å². The molecule has 0 aliphatic rings. The van der Waals surface area contributed by atoms with Gasteiger partial charge in [-0.15, -0.1) is 0 Å². The van der Waals surface area contributed by atoms with Crippen LogP contribution in [0.25, 0.3) is 0 Å². The molecule has 2 N–H and O–H groups in total. The van der Waals surface area contributed by atoms with Crippen LogP contribution in [-0.4, -0.2) is 31.4 Å². The first-order valence-electron chi connectivity index (χ1n) is 5.46. The fraction of sp³-hybridized carbons (Fsp3) is 0.500. The highest BCUT2D eigenvalue weighted by molar-refractivity contribution is 5.19. The van der Waals surface area contributed by atoms with Crippen LogP contribution in [0.1, 0.15) is 18.6 Å². The highest BCUT2D eigenvalue weighted by Crippen LogP contribution is 2.15. The normalized spacial score (nSPS) is 12.7. The minimum absolute atomic E-state index is 0.325. The Hall–Kier alpha value is -0.970. The molecule has 16 heavy (non-hydrogen) atoms. The van der Waals surface area contributed by atoms with Gasteiger partial charge in [0.1, 0.15) is 5.82 Å². The van der Waals surface area contributed by atoms with Gasteiger partial charge in [-0.2, -0.15) is 0 Å². The topological polar surface area (TPSA) is 41.5 Å². The molecule has 0 heterocycles. The number of aliphatic hydroxyl groups is 1. The molecule has 0 aliphatic carbocycles. The molecule has 0 aliphatic heterocycles. The zero-order valence-electron chi connectivity index (χ0n) is 9.45. The molecule has 0 spiro atoms. The van der Waals surface area contributed by atoms with Crippen LogP contribution in [0.3, 0.4) is 0 Å². The van der Waals surface area contributed by atoms with Gasteiger partial charge in [-0.25, -0.2) is 4.39 Å². The van der Waals surface area contributed by atoms with Gasteiger partial charge in [0.15, 0.2) is 0 Å². The van der Waals surface area contributed by atoms with Crippen molar-refractivity contribution in [3.63, 3.8) is 0 Å². The van der Waals surface area contributed by atoms with Gasteiger partial charge in [0, 0.05) is 25.3 Å². The van der Waals surface area contributed by atoms with E-state index in [0.717, 1.165) is 0 Å². The average Bonchev–Trinajstić information content (AvgIpc) is 2.29. The number of nitrogens with one attached hydrogen (secondary N) is 1. The number of rotatable bonds is 7. The molecule has 0 radical (unpaired) electrons. The van der Waals surface area contributed by atoms with Crippen molar-refractivity contribution in [2.45, 2.75) is 13.0 Å². The van der Waals surface area contributed by atoms with Crippen LogP contribution >= 0.6 is 0 Å². The lowest BCUT2D eigenvalue weighted by Gasteiger charge is -2.12. The van der Waals surface area contributed by atoms with Crippen molar-refractivity contribution in [2.24, 2.45) is 0 Å². The molecule has 0 aromatic heterocycles. The lowest BCUT2D eigenvalue weighted by Crippen LogP contribution is -2.25. The van der Waals surface area contributed by atoms with E-state index in [4.69, 9.17) is 4.74 Å². The van der Waals surface area contributed by atoms with Gasteiger partial charge >= 0.3 is 0 Å². The molecule has 4 heteroatoms. The van der Waals surface area contributed by atoms with Crippen molar-refractivity contribution in [3.8, 4) is 0 Å². The Labute approximate surface area is 95.2 Å². The third-order valence-corrected chi connectivity index (χ3v) is 2.23. The highest BCUT2D eigenvalue weighted by atomic mass is 19.1. The van der Waals surface area contributed by atoms with Crippen LogP contribution in [0.15, 0.2) is 24.3 Å². The van der Waals surface area contributed by atoms with Crippen LogP contribution in [0, 0.1) is 5.82 Å². The lowest BCUT2D eigenvalue weighted by atomic mass is 10.1. The monoisotopic (exact) mass is 227 g/mol. The van der Waals surface area contributed by atoms with E-state index in [2.05, 4.69) is 5.32 Å². The second kappa shape index (κ2) is 7.33.